The second-order valence-corrected chi connectivity index (χ2v) is 3.07. The Kier molecular flexibility index (Phi) is 2.44. The van der Waals surface area contributed by atoms with Crippen molar-refractivity contribution in [2.24, 2.45) is 0 Å². The molecule has 1 aromatic heterocycles. The Labute approximate surface area is 72.6 Å². The van der Waals surface area contributed by atoms with Gasteiger partial charge in [0.1, 0.15) is 0 Å². The second-order valence-electron chi connectivity index (χ2n) is 1.90. The Balaban J connectivity index is 3.04. The lowest BCUT2D eigenvalue weighted by Gasteiger charge is -1.99. The van der Waals surface area contributed by atoms with Crippen LogP contribution in [0.15, 0.2) is 12.3 Å². The number of pyridine rings is 1. The molecule has 0 bridgehead atoms. The van der Waals surface area contributed by atoms with Gasteiger partial charge in [-0.1, -0.05) is 0 Å². The summed E-state index contributed by atoms with van der Waals surface area (Å²) in [6.45, 7) is 1.92. The third kappa shape index (κ3) is 1.57. The minimum absolute atomic E-state index is 0.620. The van der Waals surface area contributed by atoms with E-state index in [4.69, 9.17) is 5.21 Å². The lowest BCUT2D eigenvalue weighted by atomic mass is 10.3. The van der Waals surface area contributed by atoms with Gasteiger partial charge in [0.2, 0.25) is 0 Å². The zero-order valence-electron chi connectivity index (χ0n) is 5.43. The summed E-state index contributed by atoms with van der Waals surface area (Å²) >= 11 is 2.16. The van der Waals surface area contributed by atoms with Gasteiger partial charge in [-0.05, 0) is 35.6 Å². The molecule has 0 aliphatic heterocycles. The highest BCUT2D eigenvalue weighted by Crippen LogP contribution is 2.13. The molecule has 0 aromatic carbocycles. The SMILES string of the molecule is Cc1ncc(NO)cc1I. The predicted molar refractivity (Wildman–Crippen MR) is 47.1 cm³/mol. The van der Waals surface area contributed by atoms with Crippen LogP contribution >= 0.6 is 22.6 Å². The highest BCUT2D eigenvalue weighted by molar-refractivity contribution is 14.1. The van der Waals surface area contributed by atoms with Crippen LogP contribution in [0.25, 0.3) is 0 Å². The van der Waals surface area contributed by atoms with Crippen molar-refractivity contribution >= 4 is 28.3 Å². The molecule has 10 heavy (non-hydrogen) atoms. The first-order valence-electron chi connectivity index (χ1n) is 2.76. The normalized spacial score (nSPS) is 9.50. The number of aryl methyl sites for hydroxylation is 1. The van der Waals surface area contributed by atoms with Crippen LogP contribution in [0.1, 0.15) is 5.69 Å². The van der Waals surface area contributed by atoms with E-state index in [9.17, 15) is 0 Å². The summed E-state index contributed by atoms with van der Waals surface area (Å²) in [5.74, 6) is 0. The first kappa shape index (κ1) is 7.74. The van der Waals surface area contributed by atoms with E-state index in [1.54, 1.807) is 6.20 Å². The molecule has 0 fully saturated rings. The van der Waals surface area contributed by atoms with E-state index in [-0.39, 0.29) is 0 Å². The topological polar surface area (TPSA) is 45.2 Å². The summed E-state index contributed by atoms with van der Waals surface area (Å²) in [6, 6.07) is 1.82. The van der Waals surface area contributed by atoms with Gasteiger partial charge in [0.05, 0.1) is 17.6 Å². The average molecular weight is 250 g/mol. The van der Waals surface area contributed by atoms with E-state index in [0.29, 0.717) is 5.69 Å². The van der Waals surface area contributed by atoms with Crippen LogP contribution in [0.3, 0.4) is 0 Å². The van der Waals surface area contributed by atoms with Crippen molar-refractivity contribution in [2.45, 2.75) is 6.92 Å². The maximum atomic E-state index is 8.46. The lowest BCUT2D eigenvalue weighted by molar-refractivity contribution is 0.388. The maximum absolute atomic E-state index is 8.46. The van der Waals surface area contributed by atoms with Gasteiger partial charge in [0, 0.05) is 3.57 Å². The van der Waals surface area contributed by atoms with Crippen LogP contribution in [0.4, 0.5) is 5.69 Å². The number of hydrogen-bond acceptors (Lipinski definition) is 3. The van der Waals surface area contributed by atoms with Crippen LogP contribution in [-0.4, -0.2) is 10.2 Å². The number of anilines is 1. The van der Waals surface area contributed by atoms with E-state index in [0.717, 1.165) is 9.26 Å². The largest absolute Gasteiger partial charge is 0.291 e. The van der Waals surface area contributed by atoms with E-state index >= 15 is 0 Å². The van der Waals surface area contributed by atoms with Gasteiger partial charge in [-0.15, -0.1) is 0 Å². The van der Waals surface area contributed by atoms with Gasteiger partial charge in [0.15, 0.2) is 0 Å². The number of nitrogens with one attached hydrogen (secondary N) is 1. The quantitative estimate of drug-likeness (QED) is 0.590. The zero-order chi connectivity index (χ0) is 7.56. The third-order valence-corrected chi connectivity index (χ3v) is 2.25. The van der Waals surface area contributed by atoms with Crippen molar-refractivity contribution in [3.63, 3.8) is 0 Å². The lowest BCUT2D eigenvalue weighted by Crippen LogP contribution is -1.93. The van der Waals surface area contributed by atoms with Gasteiger partial charge < -0.3 is 0 Å². The van der Waals surface area contributed by atoms with Crippen LogP contribution < -0.4 is 5.48 Å². The average Bonchev–Trinajstić information content (AvgIpc) is 1.95. The van der Waals surface area contributed by atoms with E-state index in [2.05, 4.69) is 27.6 Å². The van der Waals surface area contributed by atoms with Gasteiger partial charge >= 0.3 is 0 Å². The van der Waals surface area contributed by atoms with Crippen LogP contribution in [-0.2, 0) is 0 Å². The molecule has 3 nitrogen and oxygen atoms in total. The number of aromatic nitrogens is 1. The summed E-state index contributed by atoms with van der Waals surface area (Å²) in [5, 5.41) is 8.46. The van der Waals surface area contributed by atoms with Crippen molar-refractivity contribution in [3.8, 4) is 0 Å². The first-order chi connectivity index (χ1) is 4.74. The van der Waals surface area contributed by atoms with Crippen LogP contribution in [0, 0.1) is 10.5 Å². The summed E-state index contributed by atoms with van der Waals surface area (Å²) in [5.41, 5.74) is 3.62. The molecule has 0 aliphatic carbocycles. The number of rotatable bonds is 1. The van der Waals surface area contributed by atoms with Crippen LogP contribution in [0.5, 0.6) is 0 Å². The molecular weight excluding hydrogens is 243 g/mol. The highest BCUT2D eigenvalue weighted by atomic mass is 127. The summed E-state index contributed by atoms with van der Waals surface area (Å²) in [6.07, 6.45) is 1.58. The minimum Gasteiger partial charge on any atom is -0.291 e. The van der Waals surface area contributed by atoms with E-state index < -0.39 is 0 Å². The number of halogens is 1. The Morgan fingerprint density at radius 1 is 1.70 bits per heavy atom. The van der Waals surface area contributed by atoms with Crippen molar-refractivity contribution in [2.75, 3.05) is 5.48 Å². The molecule has 0 aliphatic rings. The van der Waals surface area contributed by atoms with Gasteiger partial charge in [-0.25, -0.2) is 0 Å². The predicted octanol–water partition coefficient (Wildman–Crippen LogP) is 1.80. The van der Waals surface area contributed by atoms with Crippen LogP contribution in [0.2, 0.25) is 0 Å². The van der Waals surface area contributed by atoms with Crippen molar-refractivity contribution in [1.82, 2.24) is 4.98 Å². The Morgan fingerprint density at radius 2 is 2.40 bits per heavy atom. The molecule has 4 heteroatoms. The zero-order valence-corrected chi connectivity index (χ0v) is 7.58. The minimum atomic E-state index is 0.620. The third-order valence-electron chi connectivity index (χ3n) is 1.15. The van der Waals surface area contributed by atoms with E-state index in [1.807, 2.05) is 18.5 Å². The smallest absolute Gasteiger partial charge is 0.0796 e. The molecule has 1 heterocycles. The Bertz CT molecular complexity index is 239. The second kappa shape index (κ2) is 3.16. The van der Waals surface area contributed by atoms with E-state index in [1.165, 1.54) is 0 Å². The molecule has 0 saturated carbocycles. The fourth-order valence-corrected chi connectivity index (χ4v) is 1.04. The summed E-state index contributed by atoms with van der Waals surface area (Å²) < 4.78 is 1.04. The van der Waals surface area contributed by atoms with Crippen molar-refractivity contribution in [3.05, 3.63) is 21.5 Å². The molecule has 0 amide bonds. The molecule has 2 N–H and O–H groups in total. The fraction of sp³-hybridized carbons (Fsp3) is 0.167. The fourth-order valence-electron chi connectivity index (χ4n) is 0.567. The van der Waals surface area contributed by atoms with Gasteiger partial charge in [0.25, 0.3) is 0 Å². The Morgan fingerprint density at radius 3 is 2.90 bits per heavy atom. The monoisotopic (exact) mass is 250 g/mol. The molecule has 1 aromatic rings. The number of hydrogen-bond donors (Lipinski definition) is 2. The summed E-state index contributed by atoms with van der Waals surface area (Å²) in [7, 11) is 0. The molecule has 0 spiro atoms. The maximum Gasteiger partial charge on any atom is 0.0796 e. The van der Waals surface area contributed by atoms with Gasteiger partial charge in [-0.3, -0.25) is 15.7 Å². The summed E-state index contributed by atoms with van der Waals surface area (Å²) in [4.78, 5) is 4.02. The molecule has 54 valence electrons. The first-order valence-corrected chi connectivity index (χ1v) is 3.84. The standard InChI is InChI=1S/C6H7IN2O/c1-4-6(7)2-5(9-10)3-8-4/h2-3,9-10H,1H3. The molecule has 0 radical (unpaired) electrons. The van der Waals surface area contributed by atoms with Crippen molar-refractivity contribution in [1.29, 1.82) is 0 Å². The molecule has 0 saturated heterocycles. The Hall–Kier alpha value is -0.360. The molecule has 0 unspecified atom stereocenters. The molecule has 0 atom stereocenters. The van der Waals surface area contributed by atoms with Crippen molar-refractivity contribution < 1.29 is 5.21 Å². The van der Waals surface area contributed by atoms with Gasteiger partial charge in [-0.2, -0.15) is 0 Å². The molecular formula is C6H7IN2O. The number of nitrogens with zero attached hydrogens (tertiary/aromatic N) is 1. The molecule has 1 rings (SSSR count). The highest BCUT2D eigenvalue weighted by Gasteiger charge is 1.95.